The van der Waals surface area contributed by atoms with E-state index in [0.29, 0.717) is 12.5 Å². The molecular formula is C14H24N4O. The Bertz CT molecular complexity index is 432. The highest BCUT2D eigenvalue weighted by molar-refractivity contribution is 5.57. The Morgan fingerprint density at radius 2 is 1.84 bits per heavy atom. The second-order valence-corrected chi connectivity index (χ2v) is 5.13. The summed E-state index contributed by atoms with van der Waals surface area (Å²) in [6, 6.07) is 0. The number of nitrogens with zero attached hydrogens (tertiary/aromatic N) is 2. The maximum Gasteiger partial charge on any atom is 0.134 e. The lowest BCUT2D eigenvalue weighted by Crippen LogP contribution is -2.23. The molecule has 0 radical (unpaired) electrons. The quantitative estimate of drug-likeness (QED) is 0.702. The molecule has 2 rings (SSSR count). The van der Waals surface area contributed by atoms with E-state index in [1.807, 2.05) is 13.8 Å². The first-order valence-corrected chi connectivity index (χ1v) is 7.19. The van der Waals surface area contributed by atoms with Gasteiger partial charge in [0.15, 0.2) is 0 Å². The SMILES string of the molecule is CCNc1nc(CC)nc(NCC(O)C2CC2)c1C. The summed E-state index contributed by atoms with van der Waals surface area (Å²) < 4.78 is 0. The van der Waals surface area contributed by atoms with Crippen LogP contribution in [0.15, 0.2) is 0 Å². The van der Waals surface area contributed by atoms with Gasteiger partial charge in [0, 0.05) is 25.1 Å². The van der Waals surface area contributed by atoms with Crippen LogP contribution >= 0.6 is 0 Å². The summed E-state index contributed by atoms with van der Waals surface area (Å²) >= 11 is 0. The zero-order chi connectivity index (χ0) is 13.8. The van der Waals surface area contributed by atoms with E-state index >= 15 is 0 Å². The van der Waals surface area contributed by atoms with Gasteiger partial charge in [-0.3, -0.25) is 0 Å². The van der Waals surface area contributed by atoms with Gasteiger partial charge in [-0.15, -0.1) is 0 Å². The monoisotopic (exact) mass is 264 g/mol. The first-order valence-electron chi connectivity index (χ1n) is 7.19. The number of nitrogens with one attached hydrogen (secondary N) is 2. The molecule has 1 heterocycles. The van der Waals surface area contributed by atoms with Crippen LogP contribution < -0.4 is 10.6 Å². The van der Waals surface area contributed by atoms with Crippen molar-refractivity contribution in [3.05, 3.63) is 11.4 Å². The minimum atomic E-state index is -0.262. The lowest BCUT2D eigenvalue weighted by Gasteiger charge is -2.16. The molecule has 0 bridgehead atoms. The summed E-state index contributed by atoms with van der Waals surface area (Å²) in [6.07, 6.45) is 2.84. The fourth-order valence-corrected chi connectivity index (χ4v) is 2.08. The Hall–Kier alpha value is -1.36. The summed E-state index contributed by atoms with van der Waals surface area (Å²) in [5.41, 5.74) is 1.02. The summed E-state index contributed by atoms with van der Waals surface area (Å²) in [6.45, 7) is 7.51. The Morgan fingerprint density at radius 3 is 2.37 bits per heavy atom. The molecule has 1 aromatic rings. The van der Waals surface area contributed by atoms with Crippen LogP contribution in [0.4, 0.5) is 11.6 Å². The average Bonchev–Trinajstić information content (AvgIpc) is 3.24. The molecule has 0 aliphatic heterocycles. The maximum absolute atomic E-state index is 9.92. The first kappa shape index (κ1) is 14.1. The van der Waals surface area contributed by atoms with Crippen LogP contribution in [0.1, 0.15) is 38.1 Å². The minimum Gasteiger partial charge on any atom is -0.391 e. The molecule has 106 valence electrons. The van der Waals surface area contributed by atoms with Crippen molar-refractivity contribution in [2.45, 2.75) is 46.1 Å². The van der Waals surface area contributed by atoms with Crippen LogP contribution in [-0.2, 0) is 6.42 Å². The predicted molar refractivity (Wildman–Crippen MR) is 77.5 cm³/mol. The van der Waals surface area contributed by atoms with E-state index in [9.17, 15) is 5.11 Å². The zero-order valence-electron chi connectivity index (χ0n) is 12.0. The number of hydrogen-bond donors (Lipinski definition) is 3. The van der Waals surface area contributed by atoms with E-state index in [4.69, 9.17) is 0 Å². The van der Waals surface area contributed by atoms with Crippen molar-refractivity contribution in [3.63, 3.8) is 0 Å². The Balaban J connectivity index is 2.10. The topological polar surface area (TPSA) is 70.1 Å². The number of aliphatic hydroxyl groups excluding tert-OH is 1. The summed E-state index contributed by atoms with van der Waals surface area (Å²) in [5.74, 6) is 3.03. The molecule has 0 spiro atoms. The molecule has 5 nitrogen and oxygen atoms in total. The van der Waals surface area contributed by atoms with E-state index in [0.717, 1.165) is 48.8 Å². The van der Waals surface area contributed by atoms with Crippen LogP contribution in [-0.4, -0.2) is 34.3 Å². The van der Waals surface area contributed by atoms with Crippen molar-refractivity contribution in [1.29, 1.82) is 0 Å². The molecule has 0 saturated heterocycles. The van der Waals surface area contributed by atoms with Crippen LogP contribution in [0.2, 0.25) is 0 Å². The molecule has 1 saturated carbocycles. The third-order valence-corrected chi connectivity index (χ3v) is 3.50. The van der Waals surface area contributed by atoms with Gasteiger partial charge in [-0.2, -0.15) is 0 Å². The molecule has 3 N–H and O–H groups in total. The second kappa shape index (κ2) is 6.19. The largest absolute Gasteiger partial charge is 0.391 e. The van der Waals surface area contributed by atoms with Crippen LogP contribution in [0, 0.1) is 12.8 Å². The molecule has 1 aliphatic carbocycles. The van der Waals surface area contributed by atoms with E-state index in [1.54, 1.807) is 0 Å². The van der Waals surface area contributed by atoms with Gasteiger partial charge in [0.05, 0.1) is 6.10 Å². The lowest BCUT2D eigenvalue weighted by atomic mass is 10.2. The molecule has 1 atom stereocenters. The normalized spacial score (nSPS) is 16.2. The number of rotatable bonds is 7. The zero-order valence-corrected chi connectivity index (χ0v) is 12.0. The fraction of sp³-hybridized carbons (Fsp3) is 0.714. The molecular weight excluding hydrogens is 240 g/mol. The highest BCUT2D eigenvalue weighted by Gasteiger charge is 2.29. The fourth-order valence-electron chi connectivity index (χ4n) is 2.08. The smallest absolute Gasteiger partial charge is 0.134 e. The van der Waals surface area contributed by atoms with Crippen molar-refractivity contribution >= 4 is 11.6 Å². The standard InChI is InChI=1S/C14H24N4O/c1-4-12-17-13(15-5-2)9(3)14(18-12)16-8-11(19)10-6-7-10/h10-11,19H,4-8H2,1-3H3,(H2,15,16,17,18). The number of hydrogen-bond acceptors (Lipinski definition) is 5. The van der Waals surface area contributed by atoms with E-state index < -0.39 is 0 Å². The minimum absolute atomic E-state index is 0.262. The van der Waals surface area contributed by atoms with Gasteiger partial charge in [-0.05, 0) is 32.6 Å². The Morgan fingerprint density at radius 1 is 1.21 bits per heavy atom. The number of aromatic nitrogens is 2. The van der Waals surface area contributed by atoms with Crippen molar-refractivity contribution in [2.75, 3.05) is 23.7 Å². The average molecular weight is 264 g/mol. The molecule has 1 unspecified atom stereocenters. The van der Waals surface area contributed by atoms with Crippen LogP contribution in [0.5, 0.6) is 0 Å². The van der Waals surface area contributed by atoms with Crippen molar-refractivity contribution in [2.24, 2.45) is 5.92 Å². The van der Waals surface area contributed by atoms with Crippen LogP contribution in [0.25, 0.3) is 0 Å². The Kier molecular flexibility index (Phi) is 4.58. The van der Waals surface area contributed by atoms with Gasteiger partial charge in [0.1, 0.15) is 17.5 Å². The van der Waals surface area contributed by atoms with Gasteiger partial charge in [0.25, 0.3) is 0 Å². The predicted octanol–water partition coefficient (Wildman–Crippen LogP) is 1.96. The van der Waals surface area contributed by atoms with Gasteiger partial charge < -0.3 is 15.7 Å². The summed E-state index contributed by atoms with van der Waals surface area (Å²) in [7, 11) is 0. The van der Waals surface area contributed by atoms with Gasteiger partial charge in [-0.1, -0.05) is 6.92 Å². The third-order valence-electron chi connectivity index (χ3n) is 3.50. The molecule has 0 aromatic carbocycles. The summed E-state index contributed by atoms with van der Waals surface area (Å²) in [4.78, 5) is 9.00. The molecule has 5 heteroatoms. The van der Waals surface area contributed by atoms with Crippen LogP contribution in [0.3, 0.4) is 0 Å². The van der Waals surface area contributed by atoms with E-state index in [2.05, 4.69) is 27.5 Å². The molecule has 1 fully saturated rings. The Labute approximate surface area is 114 Å². The molecule has 0 amide bonds. The highest BCUT2D eigenvalue weighted by Crippen LogP contribution is 2.32. The van der Waals surface area contributed by atoms with Gasteiger partial charge in [0.2, 0.25) is 0 Å². The molecule has 1 aromatic heterocycles. The van der Waals surface area contributed by atoms with Crippen molar-refractivity contribution < 1.29 is 5.11 Å². The van der Waals surface area contributed by atoms with Gasteiger partial charge in [-0.25, -0.2) is 9.97 Å². The molecule has 19 heavy (non-hydrogen) atoms. The molecule has 1 aliphatic rings. The summed E-state index contributed by atoms with van der Waals surface area (Å²) in [5, 5.41) is 16.4. The van der Waals surface area contributed by atoms with E-state index in [1.165, 1.54) is 0 Å². The lowest BCUT2D eigenvalue weighted by molar-refractivity contribution is 0.164. The number of anilines is 2. The van der Waals surface area contributed by atoms with Gasteiger partial charge >= 0.3 is 0 Å². The van der Waals surface area contributed by atoms with Crippen molar-refractivity contribution in [1.82, 2.24) is 9.97 Å². The number of aliphatic hydroxyl groups is 1. The second-order valence-electron chi connectivity index (χ2n) is 5.13. The van der Waals surface area contributed by atoms with E-state index in [-0.39, 0.29) is 6.10 Å². The van der Waals surface area contributed by atoms with Crippen molar-refractivity contribution in [3.8, 4) is 0 Å². The number of aryl methyl sites for hydroxylation is 1. The highest BCUT2D eigenvalue weighted by atomic mass is 16.3. The maximum atomic E-state index is 9.92. The first-order chi connectivity index (χ1) is 9.15. The third kappa shape index (κ3) is 3.56.